The van der Waals surface area contributed by atoms with Crippen LogP contribution in [0, 0.1) is 23.2 Å². The third-order valence-corrected chi connectivity index (χ3v) is 3.72. The summed E-state index contributed by atoms with van der Waals surface area (Å²) in [6.07, 6.45) is 2.25. The van der Waals surface area contributed by atoms with Gasteiger partial charge in [-0.1, -0.05) is 36.1 Å². The molecule has 0 unspecified atom stereocenters. The van der Waals surface area contributed by atoms with Gasteiger partial charge in [0.05, 0.1) is 5.57 Å². The van der Waals surface area contributed by atoms with E-state index in [0.29, 0.717) is 17.7 Å². The van der Waals surface area contributed by atoms with Crippen molar-refractivity contribution in [3.8, 4) is 17.9 Å². The fraction of sp³-hybridized carbons (Fsp3) is 0.182. The number of benzene rings is 2. The van der Waals surface area contributed by atoms with Gasteiger partial charge in [-0.2, -0.15) is 5.26 Å². The van der Waals surface area contributed by atoms with Crippen LogP contribution in [0.25, 0.3) is 5.57 Å². The quantitative estimate of drug-likeness (QED) is 0.487. The van der Waals surface area contributed by atoms with Crippen LogP contribution in [-0.2, 0) is 4.79 Å². The second kappa shape index (κ2) is 11.9. The summed E-state index contributed by atoms with van der Waals surface area (Å²) in [7, 11) is 2.99. The van der Waals surface area contributed by atoms with Crippen molar-refractivity contribution >= 4 is 23.4 Å². The van der Waals surface area contributed by atoms with E-state index in [1.807, 2.05) is 43.4 Å². The lowest BCUT2D eigenvalue weighted by atomic mass is 10.0. The molecule has 5 nitrogen and oxygen atoms in total. The first-order valence-electron chi connectivity index (χ1n) is 8.37. The highest BCUT2D eigenvalue weighted by molar-refractivity contribution is 5.85. The molecule has 0 saturated carbocycles. The van der Waals surface area contributed by atoms with Crippen LogP contribution in [0.3, 0.4) is 0 Å². The smallest absolute Gasteiger partial charge is 0.211 e. The van der Waals surface area contributed by atoms with Gasteiger partial charge < -0.3 is 15.3 Å². The van der Waals surface area contributed by atoms with Gasteiger partial charge in [-0.25, -0.2) is 0 Å². The normalized spacial score (nSPS) is 9.67. The molecule has 0 bridgehead atoms. The summed E-state index contributed by atoms with van der Waals surface area (Å²) in [5.41, 5.74) is 3.82. The SMILES string of the molecule is CCN(C)c1ccccc1/C(C#N)=C/C#Cc1cccc(NC=O)c1.CO. The van der Waals surface area contributed by atoms with Crippen LogP contribution in [0.1, 0.15) is 18.1 Å². The van der Waals surface area contributed by atoms with Gasteiger partial charge in [-0.05, 0) is 31.2 Å². The minimum absolute atomic E-state index is 0.519. The zero-order valence-electron chi connectivity index (χ0n) is 15.7. The Morgan fingerprint density at radius 3 is 2.63 bits per heavy atom. The summed E-state index contributed by atoms with van der Waals surface area (Å²) >= 11 is 0. The van der Waals surface area contributed by atoms with E-state index in [2.05, 4.69) is 35.1 Å². The minimum Gasteiger partial charge on any atom is -0.400 e. The van der Waals surface area contributed by atoms with E-state index >= 15 is 0 Å². The van der Waals surface area contributed by atoms with Crippen molar-refractivity contribution in [2.45, 2.75) is 6.92 Å². The van der Waals surface area contributed by atoms with Gasteiger partial charge in [-0.3, -0.25) is 4.79 Å². The highest BCUT2D eigenvalue weighted by Crippen LogP contribution is 2.25. The largest absolute Gasteiger partial charge is 0.400 e. The Morgan fingerprint density at radius 1 is 1.22 bits per heavy atom. The molecule has 27 heavy (non-hydrogen) atoms. The summed E-state index contributed by atoms with van der Waals surface area (Å²) in [5, 5.41) is 19.1. The number of aliphatic hydroxyl groups is 1. The maximum absolute atomic E-state index is 10.5. The molecule has 2 aromatic rings. The number of rotatable bonds is 5. The highest BCUT2D eigenvalue weighted by Gasteiger charge is 2.09. The minimum atomic E-state index is 0.519. The molecule has 0 aliphatic heterocycles. The van der Waals surface area contributed by atoms with E-state index in [-0.39, 0.29) is 0 Å². The van der Waals surface area contributed by atoms with Crippen molar-refractivity contribution in [3.63, 3.8) is 0 Å². The summed E-state index contributed by atoms with van der Waals surface area (Å²) in [5.74, 6) is 5.93. The first kappa shape index (κ1) is 21.5. The van der Waals surface area contributed by atoms with Gasteiger partial charge in [0, 0.05) is 49.3 Å². The van der Waals surface area contributed by atoms with Gasteiger partial charge in [0.1, 0.15) is 6.07 Å². The molecular weight excluding hydrogens is 338 g/mol. The average Bonchev–Trinajstić information content (AvgIpc) is 2.73. The molecule has 0 atom stereocenters. The zero-order chi connectivity index (χ0) is 20.1. The maximum atomic E-state index is 10.5. The topological polar surface area (TPSA) is 76.4 Å². The van der Waals surface area contributed by atoms with E-state index in [9.17, 15) is 10.1 Å². The van der Waals surface area contributed by atoms with Crippen LogP contribution in [0.2, 0.25) is 0 Å². The summed E-state index contributed by atoms with van der Waals surface area (Å²) < 4.78 is 0. The lowest BCUT2D eigenvalue weighted by molar-refractivity contribution is -0.105. The molecular formula is C22H23N3O2. The second-order valence-corrected chi connectivity index (χ2v) is 5.31. The van der Waals surface area contributed by atoms with Gasteiger partial charge in [0.25, 0.3) is 0 Å². The number of hydrogen-bond acceptors (Lipinski definition) is 4. The van der Waals surface area contributed by atoms with Gasteiger partial charge in [-0.15, -0.1) is 0 Å². The van der Waals surface area contributed by atoms with E-state index < -0.39 is 0 Å². The lowest BCUT2D eigenvalue weighted by Gasteiger charge is -2.20. The number of aliphatic hydroxyl groups excluding tert-OH is 1. The Hall–Kier alpha value is -3.54. The van der Waals surface area contributed by atoms with Crippen LogP contribution < -0.4 is 10.2 Å². The molecule has 0 aromatic heterocycles. The van der Waals surface area contributed by atoms with Crippen LogP contribution >= 0.6 is 0 Å². The van der Waals surface area contributed by atoms with Crippen LogP contribution in [0.4, 0.5) is 11.4 Å². The Bertz CT molecular complexity index is 886. The predicted molar refractivity (Wildman–Crippen MR) is 110 cm³/mol. The van der Waals surface area contributed by atoms with Gasteiger partial charge in [0.2, 0.25) is 6.41 Å². The van der Waals surface area contributed by atoms with E-state index in [0.717, 1.165) is 30.5 Å². The monoisotopic (exact) mass is 361 g/mol. The zero-order valence-corrected chi connectivity index (χ0v) is 15.7. The molecule has 0 saturated heterocycles. The standard InChI is InChI=1S/C21H19N3O.CH4O/c1-3-24(2)21-13-5-4-12-20(21)18(15-22)10-6-8-17-9-7-11-19(14-17)23-16-25;1-2/h4-5,7,9-14,16H,3H2,1-2H3,(H,23,25);2H,1H3/b18-10+;. The van der Waals surface area contributed by atoms with Crippen LogP contribution in [0.5, 0.6) is 0 Å². The Kier molecular flexibility index (Phi) is 9.49. The number of allylic oxidation sites excluding steroid dienone is 2. The molecule has 138 valence electrons. The fourth-order valence-corrected chi connectivity index (χ4v) is 2.32. The van der Waals surface area contributed by atoms with Crippen molar-refractivity contribution < 1.29 is 9.90 Å². The average molecular weight is 361 g/mol. The number of hydrogen-bond donors (Lipinski definition) is 2. The van der Waals surface area contributed by atoms with Crippen LogP contribution in [-0.4, -0.2) is 32.2 Å². The molecule has 0 spiro atoms. The summed E-state index contributed by atoms with van der Waals surface area (Å²) in [6, 6.07) is 17.2. The lowest BCUT2D eigenvalue weighted by Crippen LogP contribution is -2.17. The van der Waals surface area contributed by atoms with Crippen molar-refractivity contribution in [1.29, 1.82) is 5.26 Å². The molecule has 0 fully saturated rings. The van der Waals surface area contributed by atoms with E-state index in [1.165, 1.54) is 0 Å². The molecule has 2 aromatic carbocycles. The third-order valence-electron chi connectivity index (χ3n) is 3.72. The van der Waals surface area contributed by atoms with Crippen molar-refractivity contribution in [3.05, 3.63) is 65.7 Å². The molecule has 1 amide bonds. The number of para-hydroxylation sites is 1. The summed E-state index contributed by atoms with van der Waals surface area (Å²) in [4.78, 5) is 12.6. The number of nitrogens with one attached hydrogen (secondary N) is 1. The Labute approximate surface area is 160 Å². The van der Waals surface area contributed by atoms with Gasteiger partial charge >= 0.3 is 0 Å². The van der Waals surface area contributed by atoms with Crippen LogP contribution in [0.15, 0.2) is 54.6 Å². The molecule has 0 heterocycles. The van der Waals surface area contributed by atoms with Crippen molar-refractivity contribution in [1.82, 2.24) is 0 Å². The number of nitriles is 1. The van der Waals surface area contributed by atoms with Crippen molar-refractivity contribution in [2.75, 3.05) is 30.9 Å². The molecule has 0 aliphatic rings. The molecule has 5 heteroatoms. The number of amides is 1. The van der Waals surface area contributed by atoms with E-state index in [4.69, 9.17) is 5.11 Å². The number of carbonyl (C=O) groups excluding carboxylic acids is 1. The van der Waals surface area contributed by atoms with E-state index in [1.54, 1.807) is 18.2 Å². The molecule has 2 N–H and O–H groups in total. The Balaban J connectivity index is 0.00000176. The fourth-order valence-electron chi connectivity index (χ4n) is 2.32. The molecule has 0 radical (unpaired) electrons. The maximum Gasteiger partial charge on any atom is 0.211 e. The summed E-state index contributed by atoms with van der Waals surface area (Å²) in [6.45, 7) is 2.91. The number of carbonyl (C=O) groups is 1. The third kappa shape index (κ3) is 6.36. The number of anilines is 2. The first-order valence-corrected chi connectivity index (χ1v) is 8.37. The predicted octanol–water partition coefficient (Wildman–Crippen LogP) is 3.28. The number of nitrogens with zero attached hydrogens (tertiary/aromatic N) is 2. The first-order chi connectivity index (χ1) is 13.2. The molecule has 2 rings (SSSR count). The van der Waals surface area contributed by atoms with Crippen molar-refractivity contribution in [2.24, 2.45) is 0 Å². The van der Waals surface area contributed by atoms with Gasteiger partial charge in [0.15, 0.2) is 0 Å². The molecule has 0 aliphatic carbocycles. The highest BCUT2D eigenvalue weighted by atomic mass is 16.2. The second-order valence-electron chi connectivity index (χ2n) is 5.31. The Morgan fingerprint density at radius 2 is 1.96 bits per heavy atom.